The third-order valence-electron chi connectivity index (χ3n) is 4.25. The number of aromatic amines is 1. The van der Waals surface area contributed by atoms with E-state index in [4.69, 9.17) is 9.47 Å². The maximum absolute atomic E-state index is 12.8. The van der Waals surface area contributed by atoms with E-state index in [1.54, 1.807) is 38.5 Å². The lowest BCUT2D eigenvalue weighted by atomic mass is 10.1. The molecule has 2 N–H and O–H groups in total. The normalized spacial score (nSPS) is 10.5. The van der Waals surface area contributed by atoms with Crippen LogP contribution in [0.1, 0.15) is 29.4 Å². The van der Waals surface area contributed by atoms with Gasteiger partial charge in [-0.15, -0.1) is 0 Å². The molecule has 0 atom stereocenters. The Kier molecular flexibility index (Phi) is 5.76. The van der Waals surface area contributed by atoms with Crippen LogP contribution in [0.2, 0.25) is 0 Å². The minimum absolute atomic E-state index is 0.211. The number of hydrogen-bond donors (Lipinski definition) is 2. The Labute approximate surface area is 158 Å². The second-order valence-corrected chi connectivity index (χ2v) is 6.09. The highest BCUT2D eigenvalue weighted by molar-refractivity contribution is 6.06. The van der Waals surface area contributed by atoms with Gasteiger partial charge in [0.1, 0.15) is 17.2 Å². The third kappa shape index (κ3) is 4.11. The van der Waals surface area contributed by atoms with Crippen molar-refractivity contribution in [1.82, 2.24) is 10.2 Å². The number of amides is 1. The van der Waals surface area contributed by atoms with Gasteiger partial charge < -0.3 is 14.8 Å². The van der Waals surface area contributed by atoms with Crippen molar-refractivity contribution < 1.29 is 14.3 Å². The van der Waals surface area contributed by atoms with Crippen molar-refractivity contribution in [1.29, 1.82) is 0 Å². The first-order valence-corrected chi connectivity index (χ1v) is 8.83. The molecule has 0 bridgehead atoms. The molecule has 1 amide bonds. The topological polar surface area (TPSA) is 76.2 Å². The van der Waals surface area contributed by atoms with Gasteiger partial charge in [0.25, 0.3) is 5.91 Å². The van der Waals surface area contributed by atoms with E-state index in [1.165, 1.54) is 0 Å². The number of nitrogens with one attached hydrogen (secondary N) is 2. The molecule has 0 aliphatic carbocycles. The molecule has 6 nitrogen and oxygen atoms in total. The van der Waals surface area contributed by atoms with E-state index in [-0.39, 0.29) is 5.91 Å². The van der Waals surface area contributed by atoms with E-state index < -0.39 is 0 Å². The van der Waals surface area contributed by atoms with Crippen LogP contribution in [0.3, 0.4) is 0 Å². The van der Waals surface area contributed by atoms with Crippen molar-refractivity contribution in [3.63, 3.8) is 0 Å². The van der Waals surface area contributed by atoms with E-state index >= 15 is 0 Å². The van der Waals surface area contributed by atoms with Crippen LogP contribution in [0.15, 0.2) is 48.5 Å². The van der Waals surface area contributed by atoms with Gasteiger partial charge in [0.15, 0.2) is 0 Å². The lowest BCUT2D eigenvalue weighted by Crippen LogP contribution is -2.13. The Morgan fingerprint density at radius 2 is 1.78 bits per heavy atom. The number of anilines is 1. The molecule has 0 radical (unpaired) electrons. The smallest absolute Gasteiger partial charge is 0.255 e. The Morgan fingerprint density at radius 3 is 2.48 bits per heavy atom. The lowest BCUT2D eigenvalue weighted by molar-refractivity contribution is 0.102. The molecule has 1 aromatic heterocycles. The number of carbonyl (C=O) groups is 1. The number of rotatable bonds is 7. The summed E-state index contributed by atoms with van der Waals surface area (Å²) in [5, 5.41) is 10.5. The summed E-state index contributed by atoms with van der Waals surface area (Å²) in [5.41, 5.74) is 3.67. The molecule has 0 saturated carbocycles. The Morgan fingerprint density at radius 1 is 1.07 bits per heavy atom. The summed E-state index contributed by atoms with van der Waals surface area (Å²) in [7, 11) is 3.20. The fourth-order valence-electron chi connectivity index (χ4n) is 2.87. The molecule has 0 aliphatic rings. The van der Waals surface area contributed by atoms with E-state index in [1.807, 2.05) is 24.3 Å². The molecule has 0 spiro atoms. The summed E-state index contributed by atoms with van der Waals surface area (Å²) in [6.07, 6.45) is 1.71. The molecule has 3 aromatic rings. The van der Waals surface area contributed by atoms with Crippen LogP contribution in [-0.2, 0) is 6.42 Å². The molecule has 0 unspecified atom stereocenters. The van der Waals surface area contributed by atoms with Crippen LogP contribution in [0.5, 0.6) is 11.5 Å². The molecule has 0 aliphatic heterocycles. The molecule has 2 aromatic carbocycles. The average molecular weight is 365 g/mol. The summed E-state index contributed by atoms with van der Waals surface area (Å²) in [6, 6.07) is 14.7. The number of aryl methyl sites for hydroxylation is 1. The van der Waals surface area contributed by atoms with E-state index in [9.17, 15) is 4.79 Å². The van der Waals surface area contributed by atoms with Crippen LogP contribution in [0, 0.1) is 0 Å². The van der Waals surface area contributed by atoms with Gasteiger partial charge in [-0.2, -0.15) is 5.10 Å². The number of hydrogen-bond acceptors (Lipinski definition) is 4. The Hall–Kier alpha value is -3.28. The van der Waals surface area contributed by atoms with Crippen LogP contribution >= 0.6 is 0 Å². The number of ether oxygens (including phenoxy) is 2. The molecule has 0 fully saturated rings. The maximum Gasteiger partial charge on any atom is 0.255 e. The zero-order chi connectivity index (χ0) is 19.2. The van der Waals surface area contributed by atoms with Gasteiger partial charge in [-0.25, -0.2) is 0 Å². The van der Waals surface area contributed by atoms with E-state index in [0.717, 1.165) is 29.8 Å². The molecule has 6 heteroatoms. The summed E-state index contributed by atoms with van der Waals surface area (Å²) in [6.45, 7) is 2.08. The quantitative estimate of drug-likeness (QED) is 0.654. The monoisotopic (exact) mass is 365 g/mol. The van der Waals surface area contributed by atoms with Gasteiger partial charge in [0, 0.05) is 11.1 Å². The van der Waals surface area contributed by atoms with Crippen molar-refractivity contribution >= 4 is 11.6 Å². The van der Waals surface area contributed by atoms with Crippen molar-refractivity contribution in [2.45, 2.75) is 19.8 Å². The van der Waals surface area contributed by atoms with Gasteiger partial charge in [-0.1, -0.05) is 31.5 Å². The van der Waals surface area contributed by atoms with Gasteiger partial charge in [0.2, 0.25) is 0 Å². The van der Waals surface area contributed by atoms with Crippen LogP contribution in [-0.4, -0.2) is 30.3 Å². The molecular weight excluding hydrogens is 342 g/mol. The molecular formula is C21H23N3O3. The molecule has 140 valence electrons. The first-order valence-electron chi connectivity index (χ1n) is 8.83. The number of carbonyl (C=O) groups excluding carboxylic acids is 1. The molecule has 0 saturated heterocycles. The highest BCUT2D eigenvalue weighted by Crippen LogP contribution is 2.32. The Balaban J connectivity index is 1.97. The predicted octanol–water partition coefficient (Wildman–Crippen LogP) is 4.30. The van der Waals surface area contributed by atoms with E-state index in [2.05, 4.69) is 22.4 Å². The van der Waals surface area contributed by atoms with Crippen LogP contribution in [0.4, 0.5) is 5.69 Å². The van der Waals surface area contributed by atoms with Crippen molar-refractivity contribution in [2.24, 2.45) is 0 Å². The second-order valence-electron chi connectivity index (χ2n) is 6.09. The number of methoxy groups -OCH3 is 2. The average Bonchev–Trinajstić information content (AvgIpc) is 3.10. The number of aromatic nitrogens is 2. The lowest BCUT2D eigenvalue weighted by Gasteiger charge is -2.10. The third-order valence-corrected chi connectivity index (χ3v) is 4.25. The van der Waals surface area contributed by atoms with Crippen LogP contribution in [0.25, 0.3) is 11.3 Å². The first kappa shape index (κ1) is 18.5. The first-order chi connectivity index (χ1) is 13.2. The van der Waals surface area contributed by atoms with Crippen molar-refractivity contribution in [3.05, 3.63) is 59.8 Å². The zero-order valence-corrected chi connectivity index (χ0v) is 15.7. The summed E-state index contributed by atoms with van der Waals surface area (Å²) >= 11 is 0. The van der Waals surface area contributed by atoms with Gasteiger partial charge in [0.05, 0.1) is 25.6 Å². The van der Waals surface area contributed by atoms with Crippen molar-refractivity contribution in [3.8, 4) is 22.8 Å². The van der Waals surface area contributed by atoms with Gasteiger partial charge in [-0.05, 0) is 36.8 Å². The highest BCUT2D eigenvalue weighted by Gasteiger charge is 2.18. The van der Waals surface area contributed by atoms with Crippen LogP contribution < -0.4 is 14.8 Å². The minimum atomic E-state index is -0.211. The van der Waals surface area contributed by atoms with Gasteiger partial charge in [-0.3, -0.25) is 9.89 Å². The summed E-state index contributed by atoms with van der Waals surface area (Å²) in [4.78, 5) is 12.8. The Bertz CT molecular complexity index is 934. The zero-order valence-electron chi connectivity index (χ0n) is 15.7. The fourth-order valence-corrected chi connectivity index (χ4v) is 2.87. The second kappa shape index (κ2) is 8.40. The number of benzene rings is 2. The maximum atomic E-state index is 12.8. The summed E-state index contributed by atoms with van der Waals surface area (Å²) < 4.78 is 10.5. The highest BCUT2D eigenvalue weighted by atomic mass is 16.5. The SMILES string of the molecule is CCCc1[nH]nc(-c2cccc(OC)c2)c1NC(=O)c1cccc(OC)c1. The molecule has 27 heavy (non-hydrogen) atoms. The minimum Gasteiger partial charge on any atom is -0.497 e. The van der Waals surface area contributed by atoms with Crippen molar-refractivity contribution in [2.75, 3.05) is 19.5 Å². The molecule has 3 rings (SSSR count). The number of H-pyrrole nitrogens is 1. The van der Waals surface area contributed by atoms with Gasteiger partial charge >= 0.3 is 0 Å². The number of nitrogens with zero attached hydrogens (tertiary/aromatic N) is 1. The molecule has 1 heterocycles. The standard InChI is InChI=1S/C21H23N3O3/c1-4-7-18-20(22-21(25)15-9-6-11-17(13-15)27-3)19(24-23-18)14-8-5-10-16(12-14)26-2/h5-6,8-13H,4,7H2,1-3H3,(H,22,25)(H,23,24). The predicted molar refractivity (Wildman–Crippen MR) is 106 cm³/mol. The van der Waals surface area contributed by atoms with E-state index in [0.29, 0.717) is 22.7 Å². The summed E-state index contributed by atoms with van der Waals surface area (Å²) in [5.74, 6) is 1.16. The fraction of sp³-hybridized carbons (Fsp3) is 0.238. The largest absolute Gasteiger partial charge is 0.497 e.